The van der Waals surface area contributed by atoms with Crippen molar-refractivity contribution in [3.8, 4) is 0 Å². The van der Waals surface area contributed by atoms with Gasteiger partial charge in [-0.25, -0.2) is 0 Å². The first-order valence-electron chi connectivity index (χ1n) is 8.57. The Bertz CT molecular complexity index is 249. The molecule has 1 rings (SSSR count). The topological polar surface area (TPSA) is 26.3 Å². The average molecular weight is 394 g/mol. The molecule has 0 spiro atoms. The molecule has 0 heterocycles. The number of halogens is 1. The monoisotopic (exact) mass is 394 g/mol. The highest BCUT2D eigenvalue weighted by Crippen LogP contribution is 2.31. The predicted octanol–water partition coefficient (Wildman–Crippen LogP) is 6.01. The van der Waals surface area contributed by atoms with Crippen LogP contribution in [0.15, 0.2) is 0 Å². The van der Waals surface area contributed by atoms with E-state index in [0.29, 0.717) is 12.3 Å². The smallest absolute Gasteiger partial charge is 0.306 e. The number of esters is 1. The van der Waals surface area contributed by atoms with Gasteiger partial charge in [0.05, 0.1) is 0 Å². The van der Waals surface area contributed by atoms with E-state index in [2.05, 4.69) is 29.5 Å². The van der Waals surface area contributed by atoms with E-state index >= 15 is 0 Å². The first-order chi connectivity index (χ1) is 9.74. The number of carbonyl (C=O) groups is 1. The van der Waals surface area contributed by atoms with Crippen molar-refractivity contribution in [1.29, 1.82) is 0 Å². The highest BCUT2D eigenvalue weighted by atomic mass is 127. The van der Waals surface area contributed by atoms with Gasteiger partial charge in [-0.05, 0) is 41.9 Å². The van der Waals surface area contributed by atoms with Gasteiger partial charge in [0.15, 0.2) is 4.11 Å². The molecule has 0 aromatic rings. The lowest BCUT2D eigenvalue weighted by molar-refractivity contribution is -0.146. The van der Waals surface area contributed by atoms with Crippen molar-refractivity contribution in [1.82, 2.24) is 0 Å². The van der Waals surface area contributed by atoms with Crippen molar-refractivity contribution in [3.63, 3.8) is 0 Å². The maximum atomic E-state index is 11.8. The van der Waals surface area contributed by atoms with Crippen molar-refractivity contribution in [2.45, 2.75) is 94.5 Å². The van der Waals surface area contributed by atoms with Gasteiger partial charge in [0.1, 0.15) is 0 Å². The van der Waals surface area contributed by atoms with Gasteiger partial charge in [0, 0.05) is 12.3 Å². The van der Waals surface area contributed by atoms with Gasteiger partial charge < -0.3 is 4.74 Å². The van der Waals surface area contributed by atoms with E-state index in [9.17, 15) is 4.79 Å². The van der Waals surface area contributed by atoms with Crippen LogP contribution in [0.3, 0.4) is 0 Å². The van der Waals surface area contributed by atoms with E-state index in [1.807, 2.05) is 0 Å². The van der Waals surface area contributed by atoms with Gasteiger partial charge in [0.2, 0.25) is 0 Å². The quantitative estimate of drug-likeness (QED) is 0.196. The molecular weight excluding hydrogens is 363 g/mol. The second-order valence-corrected chi connectivity index (χ2v) is 7.34. The minimum Gasteiger partial charge on any atom is -0.451 e. The van der Waals surface area contributed by atoms with Gasteiger partial charge in [-0.2, -0.15) is 0 Å². The summed E-state index contributed by atoms with van der Waals surface area (Å²) >= 11 is 2.32. The largest absolute Gasteiger partial charge is 0.451 e. The van der Waals surface area contributed by atoms with Crippen LogP contribution in [-0.2, 0) is 9.53 Å². The SMILES string of the molecule is CCCCCCCCCC(=O)OC(I)C1CCCCC1. The minimum absolute atomic E-state index is 0.0172. The van der Waals surface area contributed by atoms with Crippen LogP contribution in [-0.4, -0.2) is 10.1 Å². The fourth-order valence-electron chi connectivity index (χ4n) is 2.90. The molecule has 0 N–H and O–H groups in total. The summed E-state index contributed by atoms with van der Waals surface area (Å²) in [4.78, 5) is 11.8. The molecule has 1 unspecified atom stereocenters. The molecular formula is C17H31IO2. The number of ether oxygens (including phenoxy) is 1. The minimum atomic E-state index is 0.0172. The van der Waals surface area contributed by atoms with Gasteiger partial charge >= 0.3 is 5.97 Å². The number of alkyl halides is 1. The van der Waals surface area contributed by atoms with Crippen molar-refractivity contribution in [2.75, 3.05) is 0 Å². The first-order valence-corrected chi connectivity index (χ1v) is 9.82. The van der Waals surface area contributed by atoms with Crippen LogP contribution in [0.4, 0.5) is 0 Å². The third kappa shape index (κ3) is 8.48. The number of hydrogen-bond donors (Lipinski definition) is 0. The molecule has 0 saturated heterocycles. The first kappa shape index (κ1) is 18.2. The summed E-state index contributed by atoms with van der Waals surface area (Å²) < 4.78 is 5.68. The number of rotatable bonds is 10. The molecule has 1 saturated carbocycles. The Morgan fingerprint density at radius 2 is 1.65 bits per heavy atom. The molecule has 2 nitrogen and oxygen atoms in total. The molecule has 0 aliphatic heterocycles. The summed E-state index contributed by atoms with van der Waals surface area (Å²) in [6.45, 7) is 2.24. The Labute approximate surface area is 138 Å². The zero-order chi connectivity index (χ0) is 14.6. The molecule has 1 aliphatic rings. The van der Waals surface area contributed by atoms with E-state index in [0.717, 1.165) is 6.42 Å². The van der Waals surface area contributed by atoms with Gasteiger partial charge in [-0.1, -0.05) is 64.7 Å². The van der Waals surface area contributed by atoms with Gasteiger partial charge in [-0.3, -0.25) is 4.79 Å². The zero-order valence-electron chi connectivity index (χ0n) is 13.0. The van der Waals surface area contributed by atoms with Crippen molar-refractivity contribution in [3.05, 3.63) is 0 Å². The van der Waals surface area contributed by atoms with Crippen LogP contribution in [0.25, 0.3) is 0 Å². The summed E-state index contributed by atoms with van der Waals surface area (Å²) in [5.74, 6) is 0.617. The summed E-state index contributed by atoms with van der Waals surface area (Å²) in [7, 11) is 0. The lowest BCUT2D eigenvalue weighted by atomic mass is 9.90. The Morgan fingerprint density at radius 3 is 2.30 bits per heavy atom. The van der Waals surface area contributed by atoms with Crippen molar-refractivity contribution < 1.29 is 9.53 Å². The van der Waals surface area contributed by atoms with E-state index in [1.54, 1.807) is 0 Å². The molecule has 0 aromatic carbocycles. The molecule has 1 aliphatic carbocycles. The fraction of sp³-hybridized carbons (Fsp3) is 0.941. The molecule has 1 atom stereocenters. The Morgan fingerprint density at radius 1 is 1.05 bits per heavy atom. The Hall–Kier alpha value is 0.200. The van der Waals surface area contributed by atoms with Gasteiger partial charge in [-0.15, -0.1) is 0 Å². The molecule has 1 fully saturated rings. The maximum absolute atomic E-state index is 11.8. The van der Waals surface area contributed by atoms with E-state index < -0.39 is 0 Å². The fourth-order valence-corrected chi connectivity index (χ4v) is 3.91. The lowest BCUT2D eigenvalue weighted by Gasteiger charge is -2.26. The predicted molar refractivity (Wildman–Crippen MR) is 93.1 cm³/mol. The highest BCUT2D eigenvalue weighted by Gasteiger charge is 2.24. The molecule has 0 amide bonds. The summed E-state index contributed by atoms with van der Waals surface area (Å²) in [5.41, 5.74) is 0. The van der Waals surface area contributed by atoms with E-state index in [1.165, 1.54) is 70.6 Å². The van der Waals surface area contributed by atoms with Crippen LogP contribution in [0, 0.1) is 5.92 Å². The molecule has 0 radical (unpaired) electrons. The third-order valence-electron chi connectivity index (χ3n) is 4.25. The molecule has 3 heteroatoms. The van der Waals surface area contributed by atoms with Crippen LogP contribution in [0.5, 0.6) is 0 Å². The Balaban J connectivity index is 1.99. The zero-order valence-corrected chi connectivity index (χ0v) is 15.2. The molecule has 118 valence electrons. The molecule has 20 heavy (non-hydrogen) atoms. The standard InChI is InChI=1S/C17H31IO2/c1-2-3-4-5-6-7-11-14-16(19)20-17(18)15-12-9-8-10-13-15/h15,17H,2-14H2,1H3. The van der Waals surface area contributed by atoms with Gasteiger partial charge in [0.25, 0.3) is 0 Å². The van der Waals surface area contributed by atoms with Crippen molar-refractivity contribution in [2.24, 2.45) is 5.92 Å². The van der Waals surface area contributed by atoms with Crippen molar-refractivity contribution >= 4 is 28.6 Å². The summed E-state index contributed by atoms with van der Waals surface area (Å²) in [6.07, 6.45) is 15.8. The van der Waals surface area contributed by atoms with Crippen LogP contribution in [0.2, 0.25) is 0 Å². The normalized spacial score (nSPS) is 17.9. The number of unbranched alkanes of at least 4 members (excludes halogenated alkanes) is 6. The lowest BCUT2D eigenvalue weighted by Crippen LogP contribution is -2.23. The van der Waals surface area contributed by atoms with Crippen LogP contribution < -0.4 is 0 Å². The second-order valence-electron chi connectivity index (χ2n) is 6.11. The number of carbonyl (C=O) groups excluding carboxylic acids is 1. The molecule has 0 aromatic heterocycles. The summed E-state index contributed by atoms with van der Waals surface area (Å²) in [5, 5.41) is 0. The third-order valence-corrected chi connectivity index (χ3v) is 5.52. The van der Waals surface area contributed by atoms with E-state index in [-0.39, 0.29) is 10.1 Å². The Kier molecular flexibility index (Phi) is 10.8. The average Bonchev–Trinajstić information content (AvgIpc) is 2.47. The molecule has 0 bridgehead atoms. The summed E-state index contributed by atoms with van der Waals surface area (Å²) in [6, 6.07) is 0. The second kappa shape index (κ2) is 11.8. The van der Waals surface area contributed by atoms with E-state index in [4.69, 9.17) is 4.74 Å². The number of hydrogen-bond acceptors (Lipinski definition) is 2. The highest BCUT2D eigenvalue weighted by molar-refractivity contribution is 14.1. The maximum Gasteiger partial charge on any atom is 0.306 e. The van der Waals surface area contributed by atoms with Crippen LogP contribution in [0.1, 0.15) is 90.4 Å². The van der Waals surface area contributed by atoms with Crippen LogP contribution >= 0.6 is 22.6 Å².